The van der Waals surface area contributed by atoms with Crippen LogP contribution < -0.4 is 10.1 Å². The second kappa shape index (κ2) is 5.80. The van der Waals surface area contributed by atoms with Crippen molar-refractivity contribution in [1.29, 1.82) is 0 Å². The van der Waals surface area contributed by atoms with Gasteiger partial charge >= 0.3 is 0 Å². The summed E-state index contributed by atoms with van der Waals surface area (Å²) in [6.07, 6.45) is 4.94. The van der Waals surface area contributed by atoms with Gasteiger partial charge in [-0.2, -0.15) is 4.99 Å². The van der Waals surface area contributed by atoms with E-state index in [1.54, 1.807) is 11.3 Å². The second-order valence-electron chi connectivity index (χ2n) is 4.75. The molecule has 0 unspecified atom stereocenters. The van der Waals surface area contributed by atoms with E-state index in [9.17, 15) is 0 Å². The molecule has 5 heteroatoms. The van der Waals surface area contributed by atoms with Crippen LogP contribution in [-0.2, 0) is 19.9 Å². The number of thiocarbonyl (C=S) groups is 1. The molecule has 1 aromatic heterocycles. The predicted molar refractivity (Wildman–Crippen MR) is 80.9 cm³/mol. The number of nitrogens with one attached hydrogen (secondary N) is 1. The number of aryl methyl sites for hydroxylation is 1. The van der Waals surface area contributed by atoms with E-state index in [2.05, 4.69) is 28.5 Å². The summed E-state index contributed by atoms with van der Waals surface area (Å²) in [7, 11) is 2.08. The maximum Gasteiger partial charge on any atom is 0.195 e. The van der Waals surface area contributed by atoms with E-state index in [1.807, 2.05) is 6.92 Å². The van der Waals surface area contributed by atoms with Gasteiger partial charge in [0.25, 0.3) is 0 Å². The number of aromatic nitrogens is 1. The first-order chi connectivity index (χ1) is 8.58. The summed E-state index contributed by atoms with van der Waals surface area (Å²) >= 11 is 7.00. The van der Waals surface area contributed by atoms with Crippen molar-refractivity contribution < 1.29 is 0 Å². The second-order valence-corrected chi connectivity index (χ2v) is 6.20. The highest BCUT2D eigenvalue weighted by molar-refractivity contribution is 7.80. The van der Waals surface area contributed by atoms with Gasteiger partial charge in [0.05, 0.1) is 0 Å². The minimum absolute atomic E-state index is 0.548. The Morgan fingerprint density at radius 3 is 2.89 bits per heavy atom. The number of rotatable bonds is 2. The SMILES string of the molecule is C=C(C)CNC(=S)/N=c1\sc2c(n1C)CCCC2. The molecule has 0 fully saturated rings. The Kier molecular flexibility index (Phi) is 4.35. The normalized spacial score (nSPS) is 15.3. The number of thiazole rings is 1. The van der Waals surface area contributed by atoms with Gasteiger partial charge in [-0.3, -0.25) is 0 Å². The summed E-state index contributed by atoms with van der Waals surface area (Å²) in [5.74, 6) is 0. The van der Waals surface area contributed by atoms with Crippen LogP contribution in [0.4, 0.5) is 0 Å². The Morgan fingerprint density at radius 2 is 2.22 bits per heavy atom. The molecule has 3 nitrogen and oxygen atoms in total. The van der Waals surface area contributed by atoms with Crippen LogP contribution in [0.3, 0.4) is 0 Å². The molecule has 2 rings (SSSR count). The molecule has 18 heavy (non-hydrogen) atoms. The fourth-order valence-electron chi connectivity index (χ4n) is 2.07. The maximum absolute atomic E-state index is 5.23. The molecule has 98 valence electrons. The Bertz CT molecular complexity index is 537. The Morgan fingerprint density at radius 1 is 1.50 bits per heavy atom. The van der Waals surface area contributed by atoms with Crippen molar-refractivity contribution in [3.8, 4) is 0 Å². The minimum atomic E-state index is 0.548. The molecule has 0 spiro atoms. The van der Waals surface area contributed by atoms with Gasteiger partial charge in [0.15, 0.2) is 9.91 Å². The van der Waals surface area contributed by atoms with Crippen LogP contribution in [0.15, 0.2) is 17.1 Å². The lowest BCUT2D eigenvalue weighted by Crippen LogP contribution is -2.25. The average molecular weight is 281 g/mol. The lowest BCUT2D eigenvalue weighted by molar-refractivity contribution is 0.644. The summed E-state index contributed by atoms with van der Waals surface area (Å²) in [5, 5.41) is 3.65. The molecule has 1 aromatic rings. The van der Waals surface area contributed by atoms with Crippen molar-refractivity contribution in [2.24, 2.45) is 12.0 Å². The molecule has 1 N–H and O–H groups in total. The van der Waals surface area contributed by atoms with E-state index >= 15 is 0 Å². The zero-order valence-corrected chi connectivity index (χ0v) is 12.6. The summed E-state index contributed by atoms with van der Waals surface area (Å²) in [5.41, 5.74) is 2.50. The Labute approximate surface area is 117 Å². The summed E-state index contributed by atoms with van der Waals surface area (Å²) in [6.45, 7) is 6.50. The molecule has 1 aliphatic rings. The van der Waals surface area contributed by atoms with Gasteiger partial charge in [0.1, 0.15) is 0 Å². The first kappa shape index (κ1) is 13.5. The van der Waals surface area contributed by atoms with Gasteiger partial charge in [-0.25, -0.2) is 0 Å². The van der Waals surface area contributed by atoms with E-state index in [0.717, 1.165) is 10.4 Å². The topological polar surface area (TPSA) is 29.3 Å². The van der Waals surface area contributed by atoms with Crippen LogP contribution in [0.5, 0.6) is 0 Å². The van der Waals surface area contributed by atoms with Crippen LogP contribution in [0.1, 0.15) is 30.3 Å². The van der Waals surface area contributed by atoms with Crippen LogP contribution in [0.2, 0.25) is 0 Å². The summed E-state index contributed by atoms with van der Waals surface area (Å²) in [4.78, 5) is 6.97. The monoisotopic (exact) mass is 281 g/mol. The Hall–Kier alpha value is -0.940. The van der Waals surface area contributed by atoms with Crippen LogP contribution in [-0.4, -0.2) is 16.2 Å². The third kappa shape index (κ3) is 3.09. The van der Waals surface area contributed by atoms with E-state index in [0.29, 0.717) is 11.7 Å². The third-order valence-corrected chi connectivity index (χ3v) is 4.50. The molecule has 0 saturated carbocycles. The van der Waals surface area contributed by atoms with Gasteiger partial charge in [-0.1, -0.05) is 12.2 Å². The molecule has 0 atom stereocenters. The molecule has 0 radical (unpaired) electrons. The molecule has 0 saturated heterocycles. The van der Waals surface area contributed by atoms with E-state index in [4.69, 9.17) is 12.2 Å². The van der Waals surface area contributed by atoms with Crippen molar-refractivity contribution in [3.63, 3.8) is 0 Å². The molecular formula is C13H19N3S2. The van der Waals surface area contributed by atoms with Crippen molar-refractivity contribution in [2.45, 2.75) is 32.6 Å². The molecule has 0 aliphatic heterocycles. The summed E-state index contributed by atoms with van der Waals surface area (Å²) < 4.78 is 2.19. The highest BCUT2D eigenvalue weighted by Gasteiger charge is 2.15. The van der Waals surface area contributed by atoms with Gasteiger partial charge in [0.2, 0.25) is 0 Å². The molecule has 1 aliphatic carbocycles. The molecule has 1 heterocycles. The van der Waals surface area contributed by atoms with Crippen LogP contribution in [0.25, 0.3) is 0 Å². The van der Waals surface area contributed by atoms with Crippen molar-refractivity contribution >= 4 is 28.7 Å². The summed E-state index contributed by atoms with van der Waals surface area (Å²) in [6, 6.07) is 0. The molecule has 0 bridgehead atoms. The molecule has 0 amide bonds. The number of hydrogen-bond acceptors (Lipinski definition) is 2. The standard InChI is InChI=1S/C13H19N3S2/c1-9(2)8-14-12(17)15-13-16(3)10-6-4-5-7-11(10)18-13/h1,4-8H2,2-3H3,(H,14,17)/b15-13-. The van der Waals surface area contributed by atoms with Crippen molar-refractivity contribution in [2.75, 3.05) is 6.54 Å². The number of fused-ring (bicyclic) bond motifs is 1. The highest BCUT2D eigenvalue weighted by atomic mass is 32.1. The van der Waals surface area contributed by atoms with E-state index in [-0.39, 0.29) is 0 Å². The Balaban J connectivity index is 2.20. The predicted octanol–water partition coefficient (Wildman–Crippen LogP) is 2.32. The van der Waals surface area contributed by atoms with Crippen LogP contribution >= 0.6 is 23.6 Å². The van der Waals surface area contributed by atoms with Gasteiger partial charge in [-0.15, -0.1) is 11.3 Å². The van der Waals surface area contributed by atoms with Gasteiger partial charge in [-0.05, 0) is 44.8 Å². The van der Waals surface area contributed by atoms with E-state index in [1.165, 1.54) is 36.3 Å². The third-order valence-electron chi connectivity index (χ3n) is 3.03. The fraction of sp³-hybridized carbons (Fsp3) is 0.538. The van der Waals surface area contributed by atoms with Gasteiger partial charge < -0.3 is 9.88 Å². The highest BCUT2D eigenvalue weighted by Crippen LogP contribution is 2.22. The number of hydrogen-bond donors (Lipinski definition) is 1. The van der Waals surface area contributed by atoms with Gasteiger partial charge in [0, 0.05) is 24.2 Å². The lowest BCUT2D eigenvalue weighted by Gasteiger charge is -2.11. The first-order valence-corrected chi connectivity index (χ1v) is 7.45. The smallest absolute Gasteiger partial charge is 0.195 e. The molecular weight excluding hydrogens is 262 g/mol. The largest absolute Gasteiger partial charge is 0.357 e. The average Bonchev–Trinajstić information content (AvgIpc) is 2.65. The zero-order valence-electron chi connectivity index (χ0n) is 11.0. The van der Waals surface area contributed by atoms with Crippen LogP contribution in [0, 0.1) is 0 Å². The minimum Gasteiger partial charge on any atom is -0.357 e. The fourth-order valence-corrected chi connectivity index (χ4v) is 3.50. The maximum atomic E-state index is 5.23. The lowest BCUT2D eigenvalue weighted by atomic mass is 10.0. The molecule has 0 aromatic carbocycles. The first-order valence-electron chi connectivity index (χ1n) is 6.22. The zero-order chi connectivity index (χ0) is 13.1. The quantitative estimate of drug-likeness (QED) is 0.666. The van der Waals surface area contributed by atoms with E-state index < -0.39 is 0 Å². The number of nitrogens with zero attached hydrogens (tertiary/aromatic N) is 2. The van der Waals surface area contributed by atoms with Crippen molar-refractivity contribution in [3.05, 3.63) is 27.5 Å². The van der Waals surface area contributed by atoms with Crippen molar-refractivity contribution in [1.82, 2.24) is 9.88 Å².